The molecule has 0 saturated carbocycles. The lowest BCUT2D eigenvalue weighted by atomic mass is 10.2. The number of pyridine rings is 1. The molecule has 4 aromatic rings. The summed E-state index contributed by atoms with van der Waals surface area (Å²) < 4.78 is 13.2. The van der Waals surface area contributed by atoms with E-state index in [2.05, 4.69) is 25.8 Å². The van der Waals surface area contributed by atoms with Crippen molar-refractivity contribution in [3.05, 3.63) is 89.5 Å². The number of halogens is 1. The number of hydrogen-bond acceptors (Lipinski definition) is 7. The number of hydrogen-bond donors (Lipinski definition) is 1. The number of nitrogens with zero attached hydrogens (tertiary/aromatic N) is 5. The van der Waals surface area contributed by atoms with Crippen LogP contribution >= 0.6 is 12.4 Å². The van der Waals surface area contributed by atoms with Gasteiger partial charge in [-0.3, -0.25) is 4.98 Å². The van der Waals surface area contributed by atoms with Crippen LogP contribution in [0.3, 0.4) is 0 Å². The summed E-state index contributed by atoms with van der Waals surface area (Å²) in [5.74, 6) is 1.90. The highest BCUT2D eigenvalue weighted by molar-refractivity contribution is 5.85. The molecule has 32 heavy (non-hydrogen) atoms. The quantitative estimate of drug-likeness (QED) is 0.414. The van der Waals surface area contributed by atoms with E-state index in [4.69, 9.17) is 9.47 Å². The fourth-order valence-corrected chi connectivity index (χ4v) is 3.10. The molecule has 2 aromatic heterocycles. The van der Waals surface area contributed by atoms with Crippen LogP contribution in [0.1, 0.15) is 22.6 Å². The van der Waals surface area contributed by atoms with Gasteiger partial charge in [0, 0.05) is 19.3 Å². The predicted octanol–water partition coefficient (Wildman–Crippen LogP) is 3.66. The van der Waals surface area contributed by atoms with Gasteiger partial charge >= 0.3 is 0 Å². The van der Waals surface area contributed by atoms with Gasteiger partial charge in [0.25, 0.3) is 0 Å². The minimum atomic E-state index is 0. The molecule has 1 N–H and O–H groups in total. The predicted molar refractivity (Wildman–Crippen MR) is 123 cm³/mol. The molecule has 0 aliphatic heterocycles. The molecule has 2 heterocycles. The minimum absolute atomic E-state index is 0. The normalized spacial score (nSPS) is 10.4. The monoisotopic (exact) mass is 452 g/mol. The zero-order valence-electron chi connectivity index (χ0n) is 17.9. The third-order valence-corrected chi connectivity index (χ3v) is 4.76. The molecule has 0 unspecified atom stereocenters. The summed E-state index contributed by atoms with van der Waals surface area (Å²) in [6.07, 6.45) is 1.79. The molecule has 0 aliphatic rings. The van der Waals surface area contributed by atoms with Crippen LogP contribution in [0.5, 0.6) is 11.5 Å². The van der Waals surface area contributed by atoms with E-state index in [0.29, 0.717) is 30.4 Å². The first-order valence-electron chi connectivity index (χ1n) is 9.97. The fraction of sp³-hybridized carbons (Fsp3) is 0.217. The summed E-state index contributed by atoms with van der Waals surface area (Å²) in [4.78, 5) is 4.31. The molecule has 0 aliphatic carbocycles. The molecular weight excluding hydrogens is 428 g/mol. The molecule has 2 aromatic carbocycles. The number of nitrogens with one attached hydrogen (secondary N) is 1. The smallest absolute Gasteiger partial charge is 0.194 e. The second kappa shape index (κ2) is 11.2. The van der Waals surface area contributed by atoms with Gasteiger partial charge in [-0.15, -0.1) is 17.5 Å². The summed E-state index contributed by atoms with van der Waals surface area (Å²) in [6, 6.07) is 19.7. The Morgan fingerprint density at radius 2 is 1.81 bits per heavy atom. The van der Waals surface area contributed by atoms with E-state index in [1.807, 2.05) is 67.6 Å². The van der Waals surface area contributed by atoms with Gasteiger partial charge in [-0.2, -0.15) is 4.68 Å². The molecule has 0 fully saturated rings. The van der Waals surface area contributed by atoms with Gasteiger partial charge in [0.1, 0.15) is 0 Å². The maximum absolute atomic E-state index is 5.97. The molecule has 166 valence electrons. The highest BCUT2D eigenvalue weighted by Crippen LogP contribution is 2.29. The molecule has 0 amide bonds. The van der Waals surface area contributed by atoms with Gasteiger partial charge in [-0.25, -0.2) is 0 Å². The zero-order valence-corrected chi connectivity index (χ0v) is 18.7. The average Bonchev–Trinajstić information content (AvgIpc) is 3.28. The second-order valence-electron chi connectivity index (χ2n) is 7.04. The van der Waals surface area contributed by atoms with E-state index in [1.54, 1.807) is 18.0 Å². The Balaban J connectivity index is 0.00000289. The molecule has 0 saturated heterocycles. The van der Waals surface area contributed by atoms with Crippen molar-refractivity contribution in [2.45, 2.75) is 26.6 Å². The Labute approximate surface area is 193 Å². The first-order chi connectivity index (χ1) is 15.2. The van der Waals surface area contributed by atoms with E-state index in [0.717, 1.165) is 16.9 Å². The van der Waals surface area contributed by atoms with Crippen LogP contribution in [0.25, 0.3) is 5.69 Å². The fourth-order valence-electron chi connectivity index (χ4n) is 3.10. The van der Waals surface area contributed by atoms with Gasteiger partial charge in [0.2, 0.25) is 0 Å². The Morgan fingerprint density at radius 3 is 2.56 bits per heavy atom. The van der Waals surface area contributed by atoms with Crippen molar-refractivity contribution in [3.63, 3.8) is 0 Å². The SMILES string of the molecule is COc1cc(CNCc2ccccn2)ccc1OCc1nnnn1-c1ccc(C)cc1.Cl. The van der Waals surface area contributed by atoms with Gasteiger partial charge in [-0.05, 0) is 59.3 Å². The van der Waals surface area contributed by atoms with Gasteiger partial charge in [0.05, 0.1) is 18.5 Å². The summed E-state index contributed by atoms with van der Waals surface area (Å²) in [7, 11) is 1.63. The van der Waals surface area contributed by atoms with Crippen LogP contribution in [0.15, 0.2) is 66.9 Å². The third kappa shape index (κ3) is 5.81. The van der Waals surface area contributed by atoms with Gasteiger partial charge < -0.3 is 14.8 Å². The topological polar surface area (TPSA) is 87.0 Å². The molecule has 0 radical (unpaired) electrons. The number of methoxy groups -OCH3 is 1. The summed E-state index contributed by atoms with van der Waals surface area (Å²) in [6.45, 7) is 3.65. The minimum Gasteiger partial charge on any atom is -0.493 e. The third-order valence-electron chi connectivity index (χ3n) is 4.76. The number of ether oxygens (including phenoxy) is 2. The molecule has 0 spiro atoms. The summed E-state index contributed by atoms with van der Waals surface area (Å²) >= 11 is 0. The molecule has 0 atom stereocenters. The first kappa shape index (κ1) is 23.2. The second-order valence-corrected chi connectivity index (χ2v) is 7.04. The Morgan fingerprint density at radius 1 is 0.969 bits per heavy atom. The van der Waals surface area contributed by atoms with Crippen LogP contribution < -0.4 is 14.8 Å². The number of aromatic nitrogens is 5. The van der Waals surface area contributed by atoms with Crippen LogP contribution in [-0.4, -0.2) is 32.3 Å². The maximum Gasteiger partial charge on any atom is 0.194 e. The number of aryl methyl sites for hydroxylation is 1. The van der Waals surface area contributed by atoms with Crippen LogP contribution in [-0.2, 0) is 19.7 Å². The molecule has 0 bridgehead atoms. The Hall–Kier alpha value is -3.49. The van der Waals surface area contributed by atoms with Crippen molar-refractivity contribution in [2.75, 3.05) is 7.11 Å². The van der Waals surface area contributed by atoms with Crippen LogP contribution in [0, 0.1) is 6.92 Å². The number of rotatable bonds is 9. The van der Waals surface area contributed by atoms with Crippen molar-refractivity contribution in [2.24, 2.45) is 0 Å². The van der Waals surface area contributed by atoms with E-state index >= 15 is 0 Å². The van der Waals surface area contributed by atoms with E-state index < -0.39 is 0 Å². The largest absolute Gasteiger partial charge is 0.493 e. The molecule has 8 nitrogen and oxygen atoms in total. The Bertz CT molecular complexity index is 1120. The zero-order chi connectivity index (χ0) is 21.5. The number of tetrazole rings is 1. The van der Waals surface area contributed by atoms with Crippen LogP contribution in [0.2, 0.25) is 0 Å². The van der Waals surface area contributed by atoms with Crippen molar-refractivity contribution in [1.82, 2.24) is 30.5 Å². The lowest BCUT2D eigenvalue weighted by Crippen LogP contribution is -2.13. The number of benzene rings is 2. The highest BCUT2D eigenvalue weighted by atomic mass is 35.5. The Kier molecular flexibility index (Phi) is 8.13. The van der Waals surface area contributed by atoms with Crippen molar-refractivity contribution < 1.29 is 9.47 Å². The van der Waals surface area contributed by atoms with Gasteiger partial charge in [-0.1, -0.05) is 29.8 Å². The van der Waals surface area contributed by atoms with Crippen molar-refractivity contribution >= 4 is 12.4 Å². The van der Waals surface area contributed by atoms with E-state index in [-0.39, 0.29) is 19.0 Å². The van der Waals surface area contributed by atoms with Crippen LogP contribution in [0.4, 0.5) is 0 Å². The van der Waals surface area contributed by atoms with Crippen molar-refractivity contribution in [3.8, 4) is 17.2 Å². The highest BCUT2D eigenvalue weighted by Gasteiger charge is 2.12. The average molecular weight is 453 g/mol. The maximum atomic E-state index is 5.97. The molecular formula is C23H25ClN6O2. The van der Waals surface area contributed by atoms with Gasteiger partial charge in [0.15, 0.2) is 23.9 Å². The van der Waals surface area contributed by atoms with Crippen molar-refractivity contribution in [1.29, 1.82) is 0 Å². The first-order valence-corrected chi connectivity index (χ1v) is 9.97. The van der Waals surface area contributed by atoms with E-state index in [1.165, 1.54) is 5.56 Å². The summed E-state index contributed by atoms with van der Waals surface area (Å²) in [5.41, 5.74) is 4.15. The van der Waals surface area contributed by atoms with E-state index in [9.17, 15) is 0 Å². The lowest BCUT2D eigenvalue weighted by Gasteiger charge is -2.13. The standard InChI is InChI=1S/C23H24N6O2.ClH/c1-17-6-9-20(10-7-17)29-23(26-27-28-29)16-31-21-11-8-18(13-22(21)30-2)14-24-15-19-5-3-4-12-25-19;/h3-13,24H,14-16H2,1-2H3;1H. The lowest BCUT2D eigenvalue weighted by molar-refractivity contribution is 0.273. The summed E-state index contributed by atoms with van der Waals surface area (Å²) in [5, 5.41) is 15.3. The molecule has 9 heteroatoms. The molecule has 4 rings (SSSR count).